The van der Waals surface area contributed by atoms with E-state index in [1.54, 1.807) is 12.1 Å². The fraction of sp³-hybridized carbons (Fsp3) is 0.182. The molecule has 0 aliphatic rings. The third kappa shape index (κ3) is 2.66. The van der Waals surface area contributed by atoms with E-state index in [0.29, 0.717) is 6.54 Å². The molecule has 0 amide bonds. The second-order valence-electron chi connectivity index (χ2n) is 3.73. The zero-order chi connectivity index (χ0) is 13.1. The van der Waals surface area contributed by atoms with Crippen LogP contribution in [-0.4, -0.2) is 19.8 Å². The molecule has 0 radical (unpaired) electrons. The Balaban J connectivity index is 2.18. The number of aromatic nitrogens is 2. The van der Waals surface area contributed by atoms with Gasteiger partial charge >= 0.3 is 5.82 Å². The number of nitrogens with zero attached hydrogens (tertiary/aromatic N) is 3. The summed E-state index contributed by atoms with van der Waals surface area (Å²) in [6.07, 6.45) is 1.42. The minimum atomic E-state index is -0.617. The number of rotatable bonds is 4. The van der Waals surface area contributed by atoms with Crippen molar-refractivity contribution < 1.29 is 10.0 Å². The number of benzene rings is 1. The van der Waals surface area contributed by atoms with E-state index in [9.17, 15) is 10.1 Å². The van der Waals surface area contributed by atoms with Crippen LogP contribution in [0.2, 0.25) is 5.02 Å². The van der Waals surface area contributed by atoms with Crippen molar-refractivity contribution in [2.75, 3.05) is 0 Å². The summed E-state index contributed by atoms with van der Waals surface area (Å²) in [4.78, 5) is 9.97. The van der Waals surface area contributed by atoms with E-state index < -0.39 is 4.92 Å². The number of hydrogen-bond acceptors (Lipinski definition) is 4. The molecule has 7 heteroatoms. The van der Waals surface area contributed by atoms with Crippen LogP contribution in [0, 0.1) is 10.1 Å². The minimum absolute atomic E-state index is 0.0145. The van der Waals surface area contributed by atoms with E-state index in [-0.39, 0.29) is 17.4 Å². The van der Waals surface area contributed by atoms with Crippen molar-refractivity contribution in [1.82, 2.24) is 9.78 Å². The van der Waals surface area contributed by atoms with E-state index in [1.165, 1.54) is 10.9 Å². The van der Waals surface area contributed by atoms with Gasteiger partial charge in [-0.2, -0.15) is 4.68 Å². The molecule has 0 atom stereocenters. The summed E-state index contributed by atoms with van der Waals surface area (Å²) >= 11 is 5.70. The van der Waals surface area contributed by atoms with Crippen molar-refractivity contribution in [3.63, 3.8) is 0 Å². The van der Waals surface area contributed by atoms with Gasteiger partial charge in [-0.3, -0.25) is 0 Å². The highest BCUT2D eigenvalue weighted by molar-refractivity contribution is 6.32. The molecule has 0 fully saturated rings. The summed E-state index contributed by atoms with van der Waals surface area (Å²) < 4.78 is 1.41. The van der Waals surface area contributed by atoms with Crippen molar-refractivity contribution in [2.24, 2.45) is 0 Å². The van der Waals surface area contributed by atoms with Gasteiger partial charge in [-0.1, -0.05) is 35.9 Å². The first-order valence-corrected chi connectivity index (χ1v) is 5.54. The summed E-state index contributed by atoms with van der Waals surface area (Å²) in [5.41, 5.74) is 1.73. The van der Waals surface area contributed by atoms with E-state index in [0.717, 1.165) is 11.1 Å². The largest absolute Gasteiger partial charge is 0.408 e. The van der Waals surface area contributed by atoms with Gasteiger partial charge in [-0.15, -0.1) is 0 Å². The van der Waals surface area contributed by atoms with E-state index in [1.807, 2.05) is 12.1 Å². The highest BCUT2D eigenvalue weighted by Gasteiger charge is 2.18. The fourth-order valence-electron chi connectivity index (χ4n) is 1.53. The molecule has 2 rings (SSSR count). The Bertz CT molecular complexity index is 565. The molecule has 1 heterocycles. The van der Waals surface area contributed by atoms with Gasteiger partial charge in [-0.05, 0) is 16.1 Å². The third-order valence-corrected chi connectivity index (χ3v) is 2.69. The highest BCUT2D eigenvalue weighted by Crippen LogP contribution is 2.21. The molecular weight excluding hydrogens is 258 g/mol. The quantitative estimate of drug-likeness (QED) is 0.678. The summed E-state index contributed by atoms with van der Waals surface area (Å²) in [5, 5.41) is 23.3. The summed E-state index contributed by atoms with van der Waals surface area (Å²) in [6, 6.07) is 7.23. The van der Waals surface area contributed by atoms with Crippen molar-refractivity contribution in [3.8, 4) is 0 Å². The van der Waals surface area contributed by atoms with Crippen molar-refractivity contribution in [2.45, 2.75) is 13.2 Å². The first-order chi connectivity index (χ1) is 8.60. The van der Waals surface area contributed by atoms with Crippen LogP contribution < -0.4 is 0 Å². The van der Waals surface area contributed by atoms with Gasteiger partial charge in [0.1, 0.15) is 0 Å². The van der Waals surface area contributed by atoms with Crippen molar-refractivity contribution >= 4 is 17.4 Å². The maximum Gasteiger partial charge on any atom is 0.408 e. The molecule has 0 unspecified atom stereocenters. The Kier molecular flexibility index (Phi) is 3.59. The maximum atomic E-state index is 10.6. The van der Waals surface area contributed by atoms with Crippen LogP contribution >= 0.6 is 11.6 Å². The first-order valence-electron chi connectivity index (χ1n) is 5.16. The number of halogens is 1. The Morgan fingerprint density at radius 2 is 1.94 bits per heavy atom. The van der Waals surface area contributed by atoms with Crippen LogP contribution in [0.1, 0.15) is 11.1 Å². The molecule has 18 heavy (non-hydrogen) atoms. The van der Waals surface area contributed by atoms with Crippen molar-refractivity contribution in [3.05, 3.63) is 56.7 Å². The molecule has 1 N–H and O–H groups in total. The monoisotopic (exact) mass is 267 g/mol. The van der Waals surface area contributed by atoms with Gasteiger partial charge in [0.25, 0.3) is 0 Å². The molecule has 1 aromatic heterocycles. The van der Waals surface area contributed by atoms with Crippen molar-refractivity contribution in [1.29, 1.82) is 0 Å². The lowest BCUT2D eigenvalue weighted by Crippen LogP contribution is -2.01. The lowest BCUT2D eigenvalue weighted by molar-refractivity contribution is -0.389. The first kappa shape index (κ1) is 12.5. The molecule has 0 bridgehead atoms. The molecule has 0 saturated heterocycles. The van der Waals surface area contributed by atoms with Gasteiger partial charge in [0, 0.05) is 0 Å². The molecule has 0 aliphatic heterocycles. The van der Waals surface area contributed by atoms with E-state index >= 15 is 0 Å². The van der Waals surface area contributed by atoms with Crippen LogP contribution in [0.25, 0.3) is 0 Å². The van der Waals surface area contributed by atoms with Gasteiger partial charge in [0.15, 0.2) is 5.02 Å². The smallest absolute Gasteiger partial charge is 0.392 e. The SMILES string of the molecule is O=[N+]([O-])c1nn(Cc2ccc(CO)cc2)cc1Cl. The zero-order valence-corrected chi connectivity index (χ0v) is 10.0. The number of aliphatic hydroxyl groups is 1. The number of nitro groups is 1. The van der Waals surface area contributed by atoms with E-state index in [4.69, 9.17) is 16.7 Å². The van der Waals surface area contributed by atoms with Crippen LogP contribution in [0.15, 0.2) is 30.5 Å². The zero-order valence-electron chi connectivity index (χ0n) is 9.28. The second-order valence-corrected chi connectivity index (χ2v) is 4.14. The average molecular weight is 268 g/mol. The normalized spacial score (nSPS) is 10.6. The summed E-state index contributed by atoms with van der Waals surface area (Å²) in [7, 11) is 0. The van der Waals surface area contributed by atoms with Crippen LogP contribution in [0.3, 0.4) is 0 Å². The number of hydrogen-bond donors (Lipinski definition) is 1. The van der Waals surface area contributed by atoms with Crippen LogP contribution in [0.4, 0.5) is 5.82 Å². The molecule has 6 nitrogen and oxygen atoms in total. The standard InChI is InChI=1S/C11H10ClN3O3/c12-10-6-14(13-11(10)15(17)18)5-8-1-3-9(7-16)4-2-8/h1-4,6,16H,5,7H2. The molecule has 0 saturated carbocycles. The predicted octanol–water partition coefficient (Wildman–Crippen LogP) is 1.99. The molecular formula is C11H10ClN3O3. The van der Waals surface area contributed by atoms with Gasteiger partial charge < -0.3 is 15.2 Å². The molecule has 1 aromatic carbocycles. The van der Waals surface area contributed by atoms with E-state index in [2.05, 4.69) is 5.10 Å². The maximum absolute atomic E-state index is 10.6. The Morgan fingerprint density at radius 3 is 2.44 bits per heavy atom. The topological polar surface area (TPSA) is 81.2 Å². The second kappa shape index (κ2) is 5.16. The average Bonchev–Trinajstić information content (AvgIpc) is 2.71. The molecule has 94 valence electrons. The molecule has 0 spiro atoms. The third-order valence-electron chi connectivity index (χ3n) is 2.42. The summed E-state index contributed by atoms with van der Waals surface area (Å²) in [5.74, 6) is -0.344. The Hall–Kier alpha value is -1.92. The fourth-order valence-corrected chi connectivity index (χ4v) is 1.75. The van der Waals surface area contributed by atoms with Crippen LogP contribution in [-0.2, 0) is 13.2 Å². The van der Waals surface area contributed by atoms with Gasteiger partial charge in [0.05, 0.1) is 24.4 Å². The molecule has 2 aromatic rings. The van der Waals surface area contributed by atoms with Gasteiger partial charge in [0.2, 0.25) is 0 Å². The Labute approximate surface area is 108 Å². The molecule has 0 aliphatic carbocycles. The lowest BCUT2D eigenvalue weighted by atomic mass is 10.1. The van der Waals surface area contributed by atoms with Gasteiger partial charge in [-0.25, -0.2) is 0 Å². The lowest BCUT2D eigenvalue weighted by Gasteiger charge is -2.00. The predicted molar refractivity (Wildman–Crippen MR) is 65.4 cm³/mol. The highest BCUT2D eigenvalue weighted by atomic mass is 35.5. The summed E-state index contributed by atoms with van der Waals surface area (Å²) in [6.45, 7) is 0.374. The number of aliphatic hydroxyl groups excluding tert-OH is 1. The Morgan fingerprint density at radius 1 is 1.33 bits per heavy atom. The minimum Gasteiger partial charge on any atom is -0.392 e. The van der Waals surface area contributed by atoms with Crippen LogP contribution in [0.5, 0.6) is 0 Å².